The number of hydrogen-bond acceptors (Lipinski definition) is 2. The molecule has 0 atom stereocenters. The summed E-state index contributed by atoms with van der Waals surface area (Å²) in [4.78, 5) is 0. The Morgan fingerprint density at radius 2 is 1.89 bits per heavy atom. The quantitative estimate of drug-likeness (QED) is 0.751. The lowest BCUT2D eigenvalue weighted by Crippen LogP contribution is -2.33. The van der Waals surface area contributed by atoms with Gasteiger partial charge in [-0.3, -0.25) is 0 Å². The zero-order chi connectivity index (χ0) is 13.6. The normalized spacial score (nSPS) is 17.6. The van der Waals surface area contributed by atoms with E-state index in [0.717, 1.165) is 29.9 Å². The van der Waals surface area contributed by atoms with Crippen molar-refractivity contribution >= 4 is 15.9 Å². The molecule has 1 aromatic carbocycles. The van der Waals surface area contributed by atoms with E-state index in [0.29, 0.717) is 5.41 Å². The number of rotatable bonds is 7. The second-order valence-electron chi connectivity index (χ2n) is 5.54. The van der Waals surface area contributed by atoms with Gasteiger partial charge in [-0.2, -0.15) is 0 Å². The summed E-state index contributed by atoms with van der Waals surface area (Å²) in [5.74, 6) is 0.941. The van der Waals surface area contributed by atoms with E-state index < -0.39 is 0 Å². The Morgan fingerprint density at radius 3 is 2.53 bits per heavy atom. The van der Waals surface area contributed by atoms with Crippen LogP contribution in [0.4, 0.5) is 0 Å². The lowest BCUT2D eigenvalue weighted by molar-refractivity contribution is 0.251. The second-order valence-corrected chi connectivity index (χ2v) is 6.46. The summed E-state index contributed by atoms with van der Waals surface area (Å²) in [5, 5.41) is 3.57. The van der Waals surface area contributed by atoms with Crippen molar-refractivity contribution in [3.63, 3.8) is 0 Å². The molecule has 0 saturated heterocycles. The van der Waals surface area contributed by atoms with Crippen molar-refractivity contribution in [2.75, 3.05) is 19.7 Å². The van der Waals surface area contributed by atoms with Crippen LogP contribution in [0.3, 0.4) is 0 Å². The molecule has 106 valence electrons. The molecule has 0 aromatic heterocycles. The molecule has 0 unspecified atom stereocenters. The second kappa shape index (κ2) is 7.30. The van der Waals surface area contributed by atoms with Crippen LogP contribution >= 0.6 is 15.9 Å². The molecular formula is C16H24BrNO. The van der Waals surface area contributed by atoms with Crippen LogP contribution in [-0.4, -0.2) is 19.7 Å². The van der Waals surface area contributed by atoms with Gasteiger partial charge in [-0.1, -0.05) is 35.7 Å². The van der Waals surface area contributed by atoms with E-state index in [1.54, 1.807) is 0 Å². The van der Waals surface area contributed by atoms with Gasteiger partial charge < -0.3 is 10.1 Å². The standard InChI is InChI=1S/C16H24BrNO/c1-2-16(9-3-4-10-16)13-18-11-12-19-15-7-5-14(17)6-8-15/h5-8,18H,2-4,9-13H2,1H3. The van der Waals surface area contributed by atoms with Gasteiger partial charge in [-0.25, -0.2) is 0 Å². The van der Waals surface area contributed by atoms with Gasteiger partial charge in [-0.15, -0.1) is 0 Å². The van der Waals surface area contributed by atoms with Gasteiger partial charge in [0.25, 0.3) is 0 Å². The van der Waals surface area contributed by atoms with E-state index in [9.17, 15) is 0 Å². The first kappa shape index (κ1) is 14.9. The summed E-state index contributed by atoms with van der Waals surface area (Å²) in [6, 6.07) is 8.00. The smallest absolute Gasteiger partial charge is 0.119 e. The molecule has 0 radical (unpaired) electrons. The molecule has 2 nitrogen and oxygen atoms in total. The molecule has 0 spiro atoms. The molecule has 1 saturated carbocycles. The van der Waals surface area contributed by atoms with Crippen molar-refractivity contribution in [1.82, 2.24) is 5.32 Å². The van der Waals surface area contributed by atoms with Crippen molar-refractivity contribution in [3.8, 4) is 5.75 Å². The van der Waals surface area contributed by atoms with Crippen LogP contribution in [0.15, 0.2) is 28.7 Å². The number of nitrogens with one attached hydrogen (secondary N) is 1. The highest BCUT2D eigenvalue weighted by molar-refractivity contribution is 9.10. The first-order valence-corrected chi connectivity index (χ1v) is 8.12. The fourth-order valence-electron chi connectivity index (χ4n) is 2.91. The summed E-state index contributed by atoms with van der Waals surface area (Å²) >= 11 is 3.42. The zero-order valence-corrected chi connectivity index (χ0v) is 13.3. The third-order valence-corrected chi connectivity index (χ3v) is 4.80. The average Bonchev–Trinajstić information content (AvgIpc) is 2.90. The van der Waals surface area contributed by atoms with Crippen molar-refractivity contribution in [2.24, 2.45) is 5.41 Å². The Labute approximate surface area is 125 Å². The molecular weight excluding hydrogens is 302 g/mol. The first-order chi connectivity index (χ1) is 9.24. The Morgan fingerprint density at radius 1 is 1.21 bits per heavy atom. The molecule has 1 aliphatic rings. The highest BCUT2D eigenvalue weighted by atomic mass is 79.9. The van der Waals surface area contributed by atoms with Crippen LogP contribution in [0.1, 0.15) is 39.0 Å². The van der Waals surface area contributed by atoms with Crippen LogP contribution in [0.25, 0.3) is 0 Å². The minimum Gasteiger partial charge on any atom is -0.492 e. The predicted molar refractivity (Wildman–Crippen MR) is 83.7 cm³/mol. The summed E-state index contributed by atoms with van der Waals surface area (Å²) in [5.41, 5.74) is 0.567. The monoisotopic (exact) mass is 325 g/mol. The Kier molecular flexibility index (Phi) is 5.71. The number of ether oxygens (including phenoxy) is 1. The molecule has 19 heavy (non-hydrogen) atoms. The molecule has 3 heteroatoms. The van der Waals surface area contributed by atoms with Crippen LogP contribution in [-0.2, 0) is 0 Å². The third kappa shape index (κ3) is 4.50. The van der Waals surface area contributed by atoms with E-state index in [2.05, 4.69) is 28.2 Å². The lowest BCUT2D eigenvalue weighted by atomic mass is 9.83. The van der Waals surface area contributed by atoms with E-state index in [1.807, 2.05) is 24.3 Å². The molecule has 1 aliphatic carbocycles. The van der Waals surface area contributed by atoms with E-state index >= 15 is 0 Å². The predicted octanol–water partition coefficient (Wildman–Crippen LogP) is 4.39. The van der Waals surface area contributed by atoms with Crippen LogP contribution in [0.5, 0.6) is 5.75 Å². The Hall–Kier alpha value is -0.540. The summed E-state index contributed by atoms with van der Waals surface area (Å²) in [6.45, 7) is 5.14. The first-order valence-electron chi connectivity index (χ1n) is 7.33. The van der Waals surface area contributed by atoms with Gasteiger partial charge in [0.15, 0.2) is 0 Å². The van der Waals surface area contributed by atoms with Gasteiger partial charge in [0.05, 0.1) is 0 Å². The number of hydrogen-bond donors (Lipinski definition) is 1. The molecule has 2 rings (SSSR count). The van der Waals surface area contributed by atoms with Crippen molar-refractivity contribution in [1.29, 1.82) is 0 Å². The topological polar surface area (TPSA) is 21.3 Å². The minimum absolute atomic E-state index is 0.567. The SMILES string of the molecule is CCC1(CNCCOc2ccc(Br)cc2)CCCC1. The van der Waals surface area contributed by atoms with Gasteiger partial charge in [0.1, 0.15) is 12.4 Å². The van der Waals surface area contributed by atoms with Gasteiger partial charge >= 0.3 is 0 Å². The average molecular weight is 326 g/mol. The fraction of sp³-hybridized carbons (Fsp3) is 0.625. The van der Waals surface area contributed by atoms with E-state index in [-0.39, 0.29) is 0 Å². The third-order valence-electron chi connectivity index (χ3n) is 4.28. The van der Waals surface area contributed by atoms with Gasteiger partial charge in [0.2, 0.25) is 0 Å². The number of halogens is 1. The van der Waals surface area contributed by atoms with Crippen molar-refractivity contribution < 1.29 is 4.74 Å². The van der Waals surface area contributed by atoms with Crippen LogP contribution < -0.4 is 10.1 Å². The molecule has 1 aromatic rings. The summed E-state index contributed by atoms with van der Waals surface area (Å²) in [7, 11) is 0. The molecule has 1 fully saturated rings. The fourth-order valence-corrected chi connectivity index (χ4v) is 3.17. The van der Waals surface area contributed by atoms with Gasteiger partial charge in [0, 0.05) is 17.6 Å². The molecule has 1 N–H and O–H groups in total. The molecule has 0 heterocycles. The number of benzene rings is 1. The Balaban J connectivity index is 1.63. The largest absolute Gasteiger partial charge is 0.492 e. The molecule has 0 bridgehead atoms. The van der Waals surface area contributed by atoms with Crippen molar-refractivity contribution in [3.05, 3.63) is 28.7 Å². The minimum atomic E-state index is 0.567. The van der Waals surface area contributed by atoms with E-state index in [4.69, 9.17) is 4.74 Å². The maximum absolute atomic E-state index is 5.71. The zero-order valence-electron chi connectivity index (χ0n) is 11.8. The highest BCUT2D eigenvalue weighted by Crippen LogP contribution is 2.40. The maximum atomic E-state index is 5.71. The lowest BCUT2D eigenvalue weighted by Gasteiger charge is -2.27. The van der Waals surface area contributed by atoms with Gasteiger partial charge in [-0.05, 0) is 48.9 Å². The summed E-state index contributed by atoms with van der Waals surface area (Å²) < 4.78 is 6.80. The Bertz CT molecular complexity index is 371. The molecule has 0 amide bonds. The summed E-state index contributed by atoms with van der Waals surface area (Å²) in [6.07, 6.45) is 6.90. The highest BCUT2D eigenvalue weighted by Gasteiger charge is 2.31. The van der Waals surface area contributed by atoms with Crippen molar-refractivity contribution in [2.45, 2.75) is 39.0 Å². The maximum Gasteiger partial charge on any atom is 0.119 e. The van der Waals surface area contributed by atoms with E-state index in [1.165, 1.54) is 32.1 Å². The molecule has 0 aliphatic heterocycles. The van der Waals surface area contributed by atoms with Crippen LogP contribution in [0.2, 0.25) is 0 Å². The van der Waals surface area contributed by atoms with Crippen LogP contribution in [0, 0.1) is 5.41 Å².